The van der Waals surface area contributed by atoms with Crippen LogP contribution in [0.4, 0.5) is 0 Å². The van der Waals surface area contributed by atoms with Gasteiger partial charge in [-0.15, -0.1) is 0 Å². The summed E-state index contributed by atoms with van der Waals surface area (Å²) in [5, 5.41) is 25.5. The van der Waals surface area contributed by atoms with Gasteiger partial charge in [0.25, 0.3) is 0 Å². The summed E-state index contributed by atoms with van der Waals surface area (Å²) >= 11 is 0. The van der Waals surface area contributed by atoms with E-state index in [2.05, 4.69) is 4.89 Å². The van der Waals surface area contributed by atoms with Crippen molar-refractivity contribution in [3.8, 4) is 0 Å². The molecule has 0 fully saturated rings. The molecule has 19 heavy (non-hydrogen) atoms. The number of nitrogens with zero attached hydrogens (tertiary/aromatic N) is 1. The Labute approximate surface area is 110 Å². The van der Waals surface area contributed by atoms with Crippen LogP contribution in [0.25, 0.3) is 0 Å². The number of rotatable bonds is 10. The minimum absolute atomic E-state index is 0.0839. The average Bonchev–Trinajstić information content (AvgIpc) is 2.33. The molecule has 8 nitrogen and oxygen atoms in total. The van der Waals surface area contributed by atoms with Gasteiger partial charge in [0.2, 0.25) is 5.91 Å². The van der Waals surface area contributed by atoms with Gasteiger partial charge in [-0.2, -0.15) is 0 Å². The molecule has 0 spiro atoms. The van der Waals surface area contributed by atoms with Crippen LogP contribution >= 0.6 is 0 Å². The van der Waals surface area contributed by atoms with Crippen molar-refractivity contribution in [1.29, 1.82) is 0 Å². The zero-order valence-corrected chi connectivity index (χ0v) is 10.7. The molecule has 1 atom stereocenters. The first-order valence-electron chi connectivity index (χ1n) is 5.88. The quantitative estimate of drug-likeness (QED) is 0.390. The molecule has 0 rings (SSSR count). The summed E-state index contributed by atoms with van der Waals surface area (Å²) < 4.78 is 0. The van der Waals surface area contributed by atoms with Crippen LogP contribution in [0.5, 0.6) is 0 Å². The molecule has 0 radical (unpaired) electrons. The SMILES string of the molecule is CC(CCCC(=O)N(CCC(=O)O)CC(=O)O)OO. The van der Waals surface area contributed by atoms with Crippen molar-refractivity contribution >= 4 is 17.8 Å². The Kier molecular flexibility index (Phi) is 8.47. The lowest BCUT2D eigenvalue weighted by Gasteiger charge is -2.20. The van der Waals surface area contributed by atoms with E-state index in [-0.39, 0.29) is 19.4 Å². The summed E-state index contributed by atoms with van der Waals surface area (Å²) in [6.07, 6.45) is 0.251. The molecule has 8 heteroatoms. The summed E-state index contributed by atoms with van der Waals surface area (Å²) in [7, 11) is 0. The van der Waals surface area contributed by atoms with Gasteiger partial charge in [0.05, 0.1) is 12.5 Å². The van der Waals surface area contributed by atoms with E-state index in [0.29, 0.717) is 12.8 Å². The first-order valence-corrected chi connectivity index (χ1v) is 5.88. The minimum Gasteiger partial charge on any atom is -0.481 e. The lowest BCUT2D eigenvalue weighted by molar-refractivity contribution is -0.275. The number of aliphatic carboxylic acids is 2. The van der Waals surface area contributed by atoms with Gasteiger partial charge in [-0.05, 0) is 19.8 Å². The molecule has 0 aromatic rings. The standard InChI is InChI=1S/C11H19NO7/c1-8(19-18)3-2-4-9(13)12(7-11(16)17)6-5-10(14)15/h8,18H,2-7H2,1H3,(H,14,15)(H,16,17). The molecule has 0 aliphatic carbocycles. The molecule has 0 bridgehead atoms. The summed E-state index contributed by atoms with van der Waals surface area (Å²) in [5.41, 5.74) is 0. The van der Waals surface area contributed by atoms with Crippen LogP contribution in [0, 0.1) is 0 Å². The van der Waals surface area contributed by atoms with E-state index < -0.39 is 30.5 Å². The Morgan fingerprint density at radius 3 is 2.26 bits per heavy atom. The molecule has 0 saturated heterocycles. The molecule has 1 amide bonds. The maximum Gasteiger partial charge on any atom is 0.323 e. The Balaban J connectivity index is 4.21. The van der Waals surface area contributed by atoms with Gasteiger partial charge in [0, 0.05) is 13.0 Å². The van der Waals surface area contributed by atoms with Gasteiger partial charge >= 0.3 is 11.9 Å². The first-order chi connectivity index (χ1) is 8.86. The van der Waals surface area contributed by atoms with Crippen molar-refractivity contribution in [3.63, 3.8) is 0 Å². The Morgan fingerprint density at radius 1 is 1.16 bits per heavy atom. The molecular formula is C11H19NO7. The average molecular weight is 277 g/mol. The summed E-state index contributed by atoms with van der Waals surface area (Å²) in [6, 6.07) is 0. The predicted octanol–water partition coefficient (Wildman–Crippen LogP) is 0.423. The molecule has 1 unspecified atom stereocenters. The zero-order valence-electron chi connectivity index (χ0n) is 10.7. The highest BCUT2D eigenvalue weighted by Gasteiger charge is 2.17. The fourth-order valence-electron chi connectivity index (χ4n) is 1.44. The Morgan fingerprint density at radius 2 is 1.79 bits per heavy atom. The van der Waals surface area contributed by atoms with E-state index >= 15 is 0 Å². The van der Waals surface area contributed by atoms with E-state index in [1.165, 1.54) is 0 Å². The van der Waals surface area contributed by atoms with Crippen molar-refractivity contribution in [1.82, 2.24) is 4.90 Å². The monoisotopic (exact) mass is 277 g/mol. The molecule has 0 aliphatic rings. The van der Waals surface area contributed by atoms with Gasteiger partial charge in [0.1, 0.15) is 6.54 Å². The number of carbonyl (C=O) groups excluding carboxylic acids is 1. The van der Waals surface area contributed by atoms with E-state index in [4.69, 9.17) is 15.5 Å². The molecule has 0 saturated carbocycles. The van der Waals surface area contributed by atoms with E-state index in [0.717, 1.165) is 4.90 Å². The molecule has 0 aliphatic heterocycles. The van der Waals surface area contributed by atoms with Crippen LogP contribution in [-0.2, 0) is 19.3 Å². The largest absolute Gasteiger partial charge is 0.481 e. The Bertz CT molecular complexity index is 318. The minimum atomic E-state index is -1.19. The van der Waals surface area contributed by atoms with Crippen LogP contribution in [0.1, 0.15) is 32.6 Å². The van der Waals surface area contributed by atoms with E-state index in [1.807, 2.05) is 0 Å². The van der Waals surface area contributed by atoms with Gasteiger partial charge in [0.15, 0.2) is 0 Å². The second-order valence-corrected chi connectivity index (χ2v) is 4.16. The van der Waals surface area contributed by atoms with Crippen molar-refractivity contribution < 1.29 is 34.7 Å². The number of carbonyl (C=O) groups is 3. The van der Waals surface area contributed by atoms with Crippen LogP contribution in [0.15, 0.2) is 0 Å². The maximum atomic E-state index is 11.7. The third kappa shape index (κ3) is 8.97. The van der Waals surface area contributed by atoms with Gasteiger partial charge in [-0.25, -0.2) is 4.89 Å². The second-order valence-electron chi connectivity index (χ2n) is 4.16. The molecule has 0 heterocycles. The van der Waals surface area contributed by atoms with Crippen LogP contribution in [0.2, 0.25) is 0 Å². The lowest BCUT2D eigenvalue weighted by atomic mass is 10.1. The summed E-state index contributed by atoms with van der Waals surface area (Å²) in [4.78, 5) is 37.8. The topological polar surface area (TPSA) is 124 Å². The fourth-order valence-corrected chi connectivity index (χ4v) is 1.44. The number of carboxylic acid groups (broad SMARTS) is 2. The first kappa shape index (κ1) is 17.3. The Hall–Kier alpha value is -1.67. The number of carboxylic acids is 2. The number of hydrogen-bond donors (Lipinski definition) is 3. The second kappa shape index (κ2) is 9.29. The van der Waals surface area contributed by atoms with E-state index in [9.17, 15) is 14.4 Å². The molecule has 0 aromatic heterocycles. The smallest absolute Gasteiger partial charge is 0.323 e. The van der Waals surface area contributed by atoms with Crippen molar-refractivity contribution in [2.45, 2.75) is 38.7 Å². The summed E-state index contributed by atoms with van der Waals surface area (Å²) in [5.74, 6) is -2.70. The van der Waals surface area contributed by atoms with Crippen molar-refractivity contribution in [2.75, 3.05) is 13.1 Å². The van der Waals surface area contributed by atoms with Gasteiger partial charge in [-0.3, -0.25) is 19.6 Å². The van der Waals surface area contributed by atoms with Crippen molar-refractivity contribution in [3.05, 3.63) is 0 Å². The van der Waals surface area contributed by atoms with Crippen LogP contribution in [-0.4, -0.2) is 57.4 Å². The third-order valence-corrected chi connectivity index (χ3v) is 2.46. The molecular weight excluding hydrogens is 258 g/mol. The molecule has 110 valence electrons. The molecule has 0 aromatic carbocycles. The predicted molar refractivity (Wildman–Crippen MR) is 63.5 cm³/mol. The lowest BCUT2D eigenvalue weighted by Crippen LogP contribution is -2.37. The highest BCUT2D eigenvalue weighted by Crippen LogP contribution is 2.06. The maximum absolute atomic E-state index is 11.7. The number of hydrogen-bond acceptors (Lipinski definition) is 5. The van der Waals surface area contributed by atoms with Crippen LogP contribution < -0.4 is 0 Å². The van der Waals surface area contributed by atoms with Crippen molar-refractivity contribution in [2.24, 2.45) is 0 Å². The van der Waals surface area contributed by atoms with Gasteiger partial charge < -0.3 is 15.1 Å². The zero-order chi connectivity index (χ0) is 14.8. The highest BCUT2D eigenvalue weighted by atomic mass is 17.1. The molecule has 3 N–H and O–H groups in total. The fraction of sp³-hybridized carbons (Fsp3) is 0.727. The summed E-state index contributed by atoms with van der Waals surface area (Å²) in [6.45, 7) is 0.981. The highest BCUT2D eigenvalue weighted by molar-refractivity contribution is 5.81. The van der Waals surface area contributed by atoms with Gasteiger partial charge in [-0.1, -0.05) is 0 Å². The van der Waals surface area contributed by atoms with E-state index in [1.54, 1.807) is 6.92 Å². The number of amides is 1. The van der Waals surface area contributed by atoms with Crippen LogP contribution in [0.3, 0.4) is 0 Å². The normalized spacial score (nSPS) is 11.9. The third-order valence-electron chi connectivity index (χ3n) is 2.46.